The molecule has 2 amide bonds. The van der Waals surface area contributed by atoms with Gasteiger partial charge in [-0.25, -0.2) is 0 Å². The fourth-order valence-corrected chi connectivity index (χ4v) is 3.97. The van der Waals surface area contributed by atoms with E-state index in [-0.39, 0.29) is 23.5 Å². The van der Waals surface area contributed by atoms with Crippen molar-refractivity contribution in [3.63, 3.8) is 0 Å². The van der Waals surface area contributed by atoms with Crippen LogP contribution in [0.3, 0.4) is 0 Å². The van der Waals surface area contributed by atoms with Crippen molar-refractivity contribution < 1.29 is 14.0 Å². The van der Waals surface area contributed by atoms with Gasteiger partial charge in [-0.05, 0) is 37.1 Å². The first-order valence-electron chi connectivity index (χ1n) is 11.1. The van der Waals surface area contributed by atoms with Gasteiger partial charge in [-0.15, -0.1) is 0 Å². The zero-order valence-corrected chi connectivity index (χ0v) is 18.7. The maximum absolute atomic E-state index is 12.7. The number of likely N-dealkylation sites (N-methyl/N-ethyl adjacent to an activating group) is 1. The Hall–Kier alpha value is -2.64. The Morgan fingerprint density at radius 1 is 1.13 bits per heavy atom. The predicted molar refractivity (Wildman–Crippen MR) is 121 cm³/mol. The maximum atomic E-state index is 12.7. The zero-order chi connectivity index (χ0) is 22.2. The molecule has 2 atom stereocenters. The van der Waals surface area contributed by atoms with Crippen molar-refractivity contribution in [2.24, 2.45) is 5.92 Å². The first-order chi connectivity index (χ1) is 15.0. The Balaban J connectivity index is 1.49. The molecule has 2 heterocycles. The second-order valence-electron chi connectivity index (χ2n) is 8.54. The average Bonchev–Trinajstić information content (AvgIpc) is 3.31. The zero-order valence-electron chi connectivity index (χ0n) is 18.7. The van der Waals surface area contributed by atoms with Crippen LogP contribution in [0.4, 0.5) is 0 Å². The minimum atomic E-state index is -0.599. The number of amides is 2. The quantitative estimate of drug-likeness (QED) is 0.603. The van der Waals surface area contributed by atoms with E-state index in [1.807, 2.05) is 19.9 Å². The van der Waals surface area contributed by atoms with Crippen molar-refractivity contribution in [3.8, 4) is 0 Å². The summed E-state index contributed by atoms with van der Waals surface area (Å²) < 4.78 is 5.12. The fraction of sp³-hybridized carbons (Fsp3) is 0.500. The Labute approximate surface area is 184 Å². The molecule has 0 aliphatic carbocycles. The molecule has 2 aromatic rings. The van der Waals surface area contributed by atoms with Crippen molar-refractivity contribution in [2.75, 3.05) is 39.8 Å². The van der Waals surface area contributed by atoms with E-state index in [1.165, 1.54) is 11.8 Å². The molecule has 3 rings (SSSR count). The lowest BCUT2D eigenvalue weighted by Crippen LogP contribution is -2.50. The molecule has 1 aliphatic rings. The maximum Gasteiger partial charge on any atom is 0.287 e. The summed E-state index contributed by atoms with van der Waals surface area (Å²) in [5.74, 6) is -0.352. The average molecular weight is 427 g/mol. The van der Waals surface area contributed by atoms with Crippen LogP contribution in [0, 0.1) is 5.92 Å². The van der Waals surface area contributed by atoms with Gasteiger partial charge in [0, 0.05) is 38.8 Å². The van der Waals surface area contributed by atoms with E-state index in [0.717, 1.165) is 32.6 Å². The number of hydrogen-bond donors (Lipinski definition) is 2. The van der Waals surface area contributed by atoms with Crippen molar-refractivity contribution in [2.45, 2.75) is 32.4 Å². The summed E-state index contributed by atoms with van der Waals surface area (Å²) in [5.41, 5.74) is 1.33. The van der Waals surface area contributed by atoms with Crippen molar-refractivity contribution in [1.29, 1.82) is 0 Å². The van der Waals surface area contributed by atoms with E-state index in [4.69, 9.17) is 4.42 Å². The van der Waals surface area contributed by atoms with Crippen LogP contribution in [0.1, 0.15) is 42.4 Å². The van der Waals surface area contributed by atoms with Gasteiger partial charge in [-0.3, -0.25) is 14.5 Å². The number of piperazine rings is 1. The van der Waals surface area contributed by atoms with Gasteiger partial charge in [0.2, 0.25) is 5.91 Å². The highest BCUT2D eigenvalue weighted by atomic mass is 16.3. The van der Waals surface area contributed by atoms with Gasteiger partial charge in [0.15, 0.2) is 5.76 Å². The third-order valence-corrected chi connectivity index (χ3v) is 5.78. The molecule has 7 heteroatoms. The number of nitrogens with zero attached hydrogens (tertiary/aromatic N) is 2. The molecule has 1 saturated heterocycles. The highest BCUT2D eigenvalue weighted by molar-refractivity contribution is 5.95. The summed E-state index contributed by atoms with van der Waals surface area (Å²) in [6.45, 7) is 8.39. The minimum absolute atomic E-state index is 0.0287. The molecule has 168 valence electrons. The molecule has 1 aromatic heterocycles. The molecule has 0 spiro atoms. The number of carbonyl (C=O) groups is 2. The van der Waals surface area contributed by atoms with Crippen LogP contribution >= 0.6 is 0 Å². The van der Waals surface area contributed by atoms with Crippen LogP contribution < -0.4 is 10.6 Å². The molecule has 31 heavy (non-hydrogen) atoms. The molecular formula is C24H34N4O3. The van der Waals surface area contributed by atoms with E-state index in [0.29, 0.717) is 12.6 Å². The SMILES string of the molecule is CC(C)C(NC(=O)c1ccco1)C(=O)NCCCN1CCN(C)CC1c1ccccc1. The first-order valence-corrected chi connectivity index (χ1v) is 11.1. The van der Waals surface area contributed by atoms with Gasteiger partial charge in [-0.2, -0.15) is 0 Å². The highest BCUT2D eigenvalue weighted by Crippen LogP contribution is 2.24. The molecule has 0 radical (unpaired) electrons. The van der Waals surface area contributed by atoms with Gasteiger partial charge in [0.1, 0.15) is 6.04 Å². The van der Waals surface area contributed by atoms with Gasteiger partial charge in [-0.1, -0.05) is 44.2 Å². The summed E-state index contributed by atoms with van der Waals surface area (Å²) >= 11 is 0. The minimum Gasteiger partial charge on any atom is -0.459 e. The van der Waals surface area contributed by atoms with Crippen LogP contribution in [-0.2, 0) is 4.79 Å². The van der Waals surface area contributed by atoms with E-state index in [9.17, 15) is 9.59 Å². The van der Waals surface area contributed by atoms with Crippen molar-refractivity contribution in [1.82, 2.24) is 20.4 Å². The lowest BCUT2D eigenvalue weighted by molar-refractivity contribution is -0.123. The van der Waals surface area contributed by atoms with E-state index in [1.54, 1.807) is 12.1 Å². The Morgan fingerprint density at radius 3 is 2.58 bits per heavy atom. The highest BCUT2D eigenvalue weighted by Gasteiger charge is 2.27. The van der Waals surface area contributed by atoms with Gasteiger partial charge in [0.05, 0.1) is 6.26 Å². The largest absolute Gasteiger partial charge is 0.459 e. The van der Waals surface area contributed by atoms with Gasteiger partial charge in [0.25, 0.3) is 5.91 Å². The van der Waals surface area contributed by atoms with E-state index >= 15 is 0 Å². The molecule has 7 nitrogen and oxygen atoms in total. The normalized spacial score (nSPS) is 18.6. The smallest absolute Gasteiger partial charge is 0.287 e. The topological polar surface area (TPSA) is 77.8 Å². The van der Waals surface area contributed by atoms with Gasteiger partial charge >= 0.3 is 0 Å². The molecule has 2 N–H and O–H groups in total. The Morgan fingerprint density at radius 2 is 1.90 bits per heavy atom. The fourth-order valence-electron chi connectivity index (χ4n) is 3.97. The Kier molecular flexibility index (Phi) is 8.26. The molecular weight excluding hydrogens is 392 g/mol. The third kappa shape index (κ3) is 6.42. The summed E-state index contributed by atoms with van der Waals surface area (Å²) in [6.07, 6.45) is 2.30. The molecule has 1 aromatic carbocycles. The number of benzene rings is 1. The Bertz CT molecular complexity index is 823. The van der Waals surface area contributed by atoms with Crippen LogP contribution in [0.2, 0.25) is 0 Å². The lowest BCUT2D eigenvalue weighted by atomic mass is 10.0. The number of rotatable bonds is 9. The standard InChI is InChI=1S/C24H34N4O3/c1-18(2)22(26-23(29)21-11-7-16-31-21)24(30)25-12-8-13-28-15-14-27(3)17-20(28)19-9-5-4-6-10-19/h4-7,9-11,16,18,20,22H,8,12-15,17H2,1-3H3,(H,25,30)(H,26,29). The monoisotopic (exact) mass is 426 g/mol. The van der Waals surface area contributed by atoms with Crippen LogP contribution in [0.25, 0.3) is 0 Å². The van der Waals surface area contributed by atoms with Crippen LogP contribution in [0.15, 0.2) is 53.1 Å². The van der Waals surface area contributed by atoms with Crippen molar-refractivity contribution in [3.05, 3.63) is 60.1 Å². The predicted octanol–water partition coefficient (Wildman–Crippen LogP) is 2.53. The molecule has 1 fully saturated rings. The molecule has 1 aliphatic heterocycles. The van der Waals surface area contributed by atoms with Crippen LogP contribution in [0.5, 0.6) is 0 Å². The number of hydrogen-bond acceptors (Lipinski definition) is 5. The second kappa shape index (κ2) is 11.1. The van der Waals surface area contributed by atoms with Crippen molar-refractivity contribution >= 4 is 11.8 Å². The second-order valence-corrected chi connectivity index (χ2v) is 8.54. The lowest BCUT2D eigenvalue weighted by Gasteiger charge is -2.40. The van der Waals surface area contributed by atoms with Crippen LogP contribution in [-0.4, -0.2) is 67.4 Å². The van der Waals surface area contributed by atoms with E-state index in [2.05, 4.69) is 51.7 Å². The number of furan rings is 1. The first kappa shape index (κ1) is 23.0. The number of nitrogens with one attached hydrogen (secondary N) is 2. The van der Waals surface area contributed by atoms with E-state index < -0.39 is 6.04 Å². The summed E-state index contributed by atoms with van der Waals surface area (Å²) in [5, 5.41) is 5.78. The van der Waals surface area contributed by atoms with Gasteiger partial charge < -0.3 is 20.0 Å². The number of carbonyl (C=O) groups excluding carboxylic acids is 2. The molecule has 0 saturated carbocycles. The summed E-state index contributed by atoms with van der Waals surface area (Å²) in [7, 11) is 2.16. The molecule has 0 bridgehead atoms. The summed E-state index contributed by atoms with van der Waals surface area (Å²) in [4.78, 5) is 29.8. The summed E-state index contributed by atoms with van der Waals surface area (Å²) in [6, 6.07) is 13.6. The third-order valence-electron chi connectivity index (χ3n) is 5.78. The molecule has 2 unspecified atom stereocenters.